The fraction of sp³-hybridized carbons (Fsp3) is 0.571. The summed E-state index contributed by atoms with van der Waals surface area (Å²) in [5.41, 5.74) is 0.0926. The number of amidine groups is 1. The summed E-state index contributed by atoms with van der Waals surface area (Å²) in [6.07, 6.45) is 0. The Kier molecular flexibility index (Phi) is 7.54. The van der Waals surface area contributed by atoms with Crippen molar-refractivity contribution in [2.45, 2.75) is 79.6 Å². The van der Waals surface area contributed by atoms with Gasteiger partial charge in [0.25, 0.3) is 5.78 Å². The van der Waals surface area contributed by atoms with Crippen LogP contribution in [0.2, 0.25) is 0 Å². The van der Waals surface area contributed by atoms with Crippen LogP contribution in [-0.2, 0) is 0 Å². The number of benzene rings is 1. The molecule has 0 fully saturated rings. The van der Waals surface area contributed by atoms with Gasteiger partial charge in [0, 0.05) is 11.1 Å². The predicted molar refractivity (Wildman–Crippen MR) is 103 cm³/mol. The quantitative estimate of drug-likeness (QED) is 0.324. The van der Waals surface area contributed by atoms with Crippen molar-refractivity contribution >= 4 is 17.6 Å². The van der Waals surface area contributed by atoms with E-state index in [9.17, 15) is 14.7 Å². The fourth-order valence-electron chi connectivity index (χ4n) is 3.52. The van der Waals surface area contributed by atoms with Gasteiger partial charge in [-0.3, -0.25) is 14.3 Å². The highest BCUT2D eigenvalue weighted by Gasteiger charge is 2.37. The molecule has 1 aromatic carbocycles. The lowest BCUT2D eigenvalue weighted by Crippen LogP contribution is -2.53. The van der Waals surface area contributed by atoms with Crippen LogP contribution in [0.5, 0.6) is 0 Å². The number of hydrogen-bond acceptors (Lipinski definition) is 3. The lowest BCUT2D eigenvalue weighted by molar-refractivity contribution is -0.590. The summed E-state index contributed by atoms with van der Waals surface area (Å²) >= 11 is 0. The minimum Gasteiger partial charge on any atom is -0.545 e. The highest BCUT2D eigenvalue weighted by molar-refractivity contribution is 6.44. The van der Waals surface area contributed by atoms with Gasteiger partial charge >= 0.3 is 5.84 Å². The second-order valence-electron chi connectivity index (χ2n) is 7.68. The summed E-state index contributed by atoms with van der Waals surface area (Å²) in [7, 11) is 0. The van der Waals surface area contributed by atoms with Crippen molar-refractivity contribution in [3.63, 3.8) is 0 Å². The molecule has 144 valence electrons. The first kappa shape index (κ1) is 21.9. The van der Waals surface area contributed by atoms with E-state index in [1.54, 1.807) is 18.2 Å². The fourth-order valence-corrected chi connectivity index (χ4v) is 3.52. The zero-order valence-corrected chi connectivity index (χ0v) is 17.2. The van der Waals surface area contributed by atoms with E-state index >= 15 is 0 Å². The molecule has 0 radical (unpaired) electrons. The first-order valence-electron chi connectivity index (χ1n) is 9.29. The van der Waals surface area contributed by atoms with Crippen LogP contribution >= 0.6 is 0 Å². The van der Waals surface area contributed by atoms with Gasteiger partial charge in [-0.2, -0.15) is 0 Å². The molecule has 1 aromatic rings. The first-order chi connectivity index (χ1) is 12.0. The van der Waals surface area contributed by atoms with Gasteiger partial charge in [-0.1, -0.05) is 24.3 Å². The number of carbonyl (C=O) groups is 2. The smallest absolute Gasteiger partial charge is 0.321 e. The van der Waals surface area contributed by atoms with E-state index in [0.717, 1.165) is 0 Å². The van der Waals surface area contributed by atoms with Crippen LogP contribution in [0.25, 0.3) is 0 Å². The highest BCUT2D eigenvalue weighted by atomic mass is 16.4. The number of hydrogen-bond donors (Lipinski definition) is 0. The molecule has 5 nitrogen and oxygen atoms in total. The number of nitrogens with zero attached hydrogens (tertiary/aromatic N) is 2. The Bertz CT molecular complexity index is 670. The first-order valence-corrected chi connectivity index (χ1v) is 9.29. The van der Waals surface area contributed by atoms with Crippen LogP contribution in [0.1, 0.15) is 76.1 Å². The van der Waals surface area contributed by atoms with Crippen molar-refractivity contribution < 1.29 is 19.3 Å². The number of aromatic carboxylic acids is 1. The SMILES string of the molecule is CC(C)N(C(C(=O)c1ccccc1C(=O)[O-])=[N+](C(C)C)C(C)C)C(C)C. The van der Waals surface area contributed by atoms with Crippen molar-refractivity contribution in [2.75, 3.05) is 0 Å². The molecule has 0 bridgehead atoms. The van der Waals surface area contributed by atoms with Crippen molar-refractivity contribution in [1.29, 1.82) is 0 Å². The zero-order chi connectivity index (χ0) is 20.2. The van der Waals surface area contributed by atoms with Gasteiger partial charge < -0.3 is 9.90 Å². The Labute approximate surface area is 157 Å². The molecule has 0 saturated heterocycles. The number of carboxylic acid groups (broad SMARTS) is 1. The summed E-state index contributed by atoms with van der Waals surface area (Å²) in [4.78, 5) is 27.1. The second-order valence-corrected chi connectivity index (χ2v) is 7.68. The van der Waals surface area contributed by atoms with Crippen molar-refractivity contribution in [3.05, 3.63) is 35.4 Å². The van der Waals surface area contributed by atoms with Crippen LogP contribution in [-0.4, -0.2) is 51.2 Å². The van der Waals surface area contributed by atoms with Gasteiger partial charge in [0.2, 0.25) is 0 Å². The average molecular weight is 360 g/mol. The highest BCUT2D eigenvalue weighted by Crippen LogP contribution is 2.17. The number of rotatable bonds is 7. The van der Waals surface area contributed by atoms with E-state index in [1.807, 2.05) is 55.4 Å². The largest absolute Gasteiger partial charge is 0.545 e. The number of Topliss-reactive ketones (excluding diaryl/α,β-unsaturated/α-hetero) is 1. The molecule has 0 amide bonds. The summed E-state index contributed by atoms with van der Waals surface area (Å²) in [6.45, 7) is 16.3. The molecule has 1 rings (SSSR count). The predicted octanol–water partition coefficient (Wildman–Crippen LogP) is 2.58. The van der Waals surface area contributed by atoms with E-state index < -0.39 is 5.97 Å². The molecule has 0 atom stereocenters. The van der Waals surface area contributed by atoms with E-state index in [0.29, 0.717) is 5.84 Å². The lowest BCUT2D eigenvalue weighted by atomic mass is 10.0. The van der Waals surface area contributed by atoms with Gasteiger partial charge in [-0.05, 0) is 55.4 Å². The third-order valence-corrected chi connectivity index (χ3v) is 4.31. The van der Waals surface area contributed by atoms with E-state index in [2.05, 4.69) is 9.48 Å². The maximum absolute atomic E-state index is 13.6. The Morgan fingerprint density at radius 1 is 0.846 bits per heavy atom. The third kappa shape index (κ3) is 4.71. The Morgan fingerprint density at radius 2 is 1.27 bits per heavy atom. The minimum atomic E-state index is -1.34. The van der Waals surface area contributed by atoms with Crippen LogP contribution in [0.3, 0.4) is 0 Å². The Balaban J connectivity index is 3.79. The van der Waals surface area contributed by atoms with Crippen LogP contribution in [0.4, 0.5) is 0 Å². The summed E-state index contributed by atoms with van der Waals surface area (Å²) in [6, 6.07) is 6.62. The van der Waals surface area contributed by atoms with Gasteiger partial charge in [-0.15, -0.1) is 0 Å². The minimum absolute atomic E-state index is 0.0741. The average Bonchev–Trinajstić information content (AvgIpc) is 2.52. The molecule has 0 unspecified atom stereocenters. The lowest BCUT2D eigenvalue weighted by Gasteiger charge is -2.31. The Morgan fingerprint density at radius 3 is 1.62 bits per heavy atom. The van der Waals surface area contributed by atoms with Gasteiger partial charge in [0.1, 0.15) is 0 Å². The maximum atomic E-state index is 13.6. The summed E-state index contributed by atoms with van der Waals surface area (Å²) in [5.74, 6) is -1.09. The molecule has 0 N–H and O–H groups in total. The van der Waals surface area contributed by atoms with Gasteiger partial charge in [0.05, 0.1) is 30.1 Å². The molecule has 0 aliphatic rings. The zero-order valence-electron chi connectivity index (χ0n) is 17.2. The number of carboxylic acids is 1. The van der Waals surface area contributed by atoms with Crippen molar-refractivity contribution in [3.8, 4) is 0 Å². The molecule has 0 aliphatic heterocycles. The number of carbonyl (C=O) groups excluding carboxylic acids is 2. The molecule has 0 heterocycles. The summed E-state index contributed by atoms with van der Waals surface area (Å²) in [5, 5.41) is 11.5. The molecule has 26 heavy (non-hydrogen) atoms. The van der Waals surface area contributed by atoms with Gasteiger partial charge in [0.15, 0.2) is 0 Å². The summed E-state index contributed by atoms with van der Waals surface area (Å²) < 4.78 is 2.06. The molecule has 0 spiro atoms. The second kappa shape index (κ2) is 8.97. The molecule has 0 aliphatic carbocycles. The van der Waals surface area contributed by atoms with Crippen molar-refractivity contribution in [2.24, 2.45) is 0 Å². The maximum Gasteiger partial charge on any atom is 0.321 e. The Hall–Kier alpha value is -2.17. The van der Waals surface area contributed by atoms with Crippen LogP contribution in [0.15, 0.2) is 24.3 Å². The normalized spacial score (nSPS) is 11.4. The standard InChI is InChI=1S/C21H32N2O3/c1-13(2)22(14(3)4)20(23(15(5)6)16(7)8)19(24)17-11-9-10-12-18(17)21(25)26/h9-16H,1-8H3. The van der Waals surface area contributed by atoms with Crippen molar-refractivity contribution in [1.82, 2.24) is 4.90 Å². The molecule has 5 heteroatoms. The topological polar surface area (TPSA) is 63.4 Å². The third-order valence-electron chi connectivity index (χ3n) is 4.31. The monoisotopic (exact) mass is 360 g/mol. The van der Waals surface area contributed by atoms with E-state index in [-0.39, 0.29) is 41.1 Å². The molecular weight excluding hydrogens is 328 g/mol. The van der Waals surface area contributed by atoms with Crippen LogP contribution < -0.4 is 5.11 Å². The molecule has 0 aromatic heterocycles. The van der Waals surface area contributed by atoms with Gasteiger partial charge in [-0.25, -0.2) is 0 Å². The number of ketones is 1. The van der Waals surface area contributed by atoms with E-state index in [4.69, 9.17) is 0 Å². The molecule has 0 saturated carbocycles. The van der Waals surface area contributed by atoms with E-state index in [1.165, 1.54) is 6.07 Å². The van der Waals surface area contributed by atoms with Crippen LogP contribution in [0, 0.1) is 0 Å². The molecular formula is C21H32N2O3.